The number of nitrogens with zero attached hydrogens (tertiary/aromatic N) is 2. The highest BCUT2D eigenvalue weighted by Gasteiger charge is 2.27. The summed E-state index contributed by atoms with van der Waals surface area (Å²) in [6.45, 7) is 2.39. The van der Waals surface area contributed by atoms with Gasteiger partial charge in [0.15, 0.2) is 5.69 Å². The second-order valence-electron chi connectivity index (χ2n) is 3.60. The summed E-state index contributed by atoms with van der Waals surface area (Å²) in [4.78, 5) is 11.5. The van der Waals surface area contributed by atoms with Crippen LogP contribution in [0.5, 0.6) is 5.88 Å². The Bertz CT molecular complexity index is 416. The summed E-state index contributed by atoms with van der Waals surface area (Å²) in [5.41, 5.74) is -0.296. The second-order valence-corrected chi connectivity index (χ2v) is 3.60. The Morgan fingerprint density at radius 3 is 3.19 bits per heavy atom. The monoisotopic (exact) mass is 229 g/mol. The van der Waals surface area contributed by atoms with Gasteiger partial charge in [0.2, 0.25) is 11.7 Å². The van der Waals surface area contributed by atoms with Crippen LogP contribution < -0.4 is 10.1 Å². The standard InChI is InChI=1S/C9H12FN3O3/c1-5(14)4-11-8(15)7-6(10)9-13(12-7)2-3-16-9/h5,14H,2-4H2,1H3,(H,11,15). The zero-order valence-corrected chi connectivity index (χ0v) is 8.73. The van der Waals surface area contributed by atoms with Crippen molar-refractivity contribution in [3.63, 3.8) is 0 Å². The Morgan fingerprint density at radius 2 is 2.56 bits per heavy atom. The van der Waals surface area contributed by atoms with E-state index >= 15 is 0 Å². The lowest BCUT2D eigenvalue weighted by molar-refractivity contribution is 0.0913. The van der Waals surface area contributed by atoms with Crippen molar-refractivity contribution in [1.82, 2.24) is 15.1 Å². The zero-order chi connectivity index (χ0) is 11.7. The Balaban J connectivity index is 2.12. The van der Waals surface area contributed by atoms with Gasteiger partial charge in [0.1, 0.15) is 6.61 Å². The third kappa shape index (κ3) is 1.85. The molecule has 0 aromatic carbocycles. The first kappa shape index (κ1) is 10.9. The second kappa shape index (κ2) is 4.09. The smallest absolute Gasteiger partial charge is 0.275 e. The van der Waals surface area contributed by atoms with Crippen LogP contribution in [0.1, 0.15) is 17.4 Å². The molecule has 0 saturated carbocycles. The number of aliphatic hydroxyl groups is 1. The molecule has 1 aliphatic heterocycles. The summed E-state index contributed by atoms with van der Waals surface area (Å²) in [6.07, 6.45) is -0.683. The van der Waals surface area contributed by atoms with Crippen molar-refractivity contribution in [3.05, 3.63) is 11.5 Å². The lowest BCUT2D eigenvalue weighted by Gasteiger charge is -2.04. The minimum absolute atomic E-state index is 0.00203. The van der Waals surface area contributed by atoms with E-state index in [9.17, 15) is 9.18 Å². The van der Waals surface area contributed by atoms with E-state index < -0.39 is 17.8 Å². The summed E-state index contributed by atoms with van der Waals surface area (Å²) < 4.78 is 19.9. The number of nitrogens with one attached hydrogen (secondary N) is 1. The maximum atomic E-state index is 13.6. The summed E-state index contributed by atoms with van der Waals surface area (Å²) in [7, 11) is 0. The molecule has 2 heterocycles. The van der Waals surface area contributed by atoms with Crippen molar-refractivity contribution < 1.29 is 19.0 Å². The van der Waals surface area contributed by atoms with Gasteiger partial charge >= 0.3 is 0 Å². The van der Waals surface area contributed by atoms with Crippen molar-refractivity contribution >= 4 is 5.91 Å². The molecule has 7 heteroatoms. The molecule has 1 unspecified atom stereocenters. The zero-order valence-electron chi connectivity index (χ0n) is 8.73. The van der Waals surface area contributed by atoms with E-state index in [1.165, 1.54) is 11.6 Å². The Labute approximate surface area is 91.0 Å². The van der Waals surface area contributed by atoms with Crippen LogP contribution >= 0.6 is 0 Å². The number of aliphatic hydroxyl groups excluding tert-OH is 1. The van der Waals surface area contributed by atoms with Gasteiger partial charge in [-0.15, -0.1) is 0 Å². The van der Waals surface area contributed by atoms with E-state index in [4.69, 9.17) is 9.84 Å². The van der Waals surface area contributed by atoms with Crippen LogP contribution in [-0.4, -0.2) is 40.0 Å². The number of halogens is 1. The van der Waals surface area contributed by atoms with E-state index in [0.29, 0.717) is 13.2 Å². The molecule has 16 heavy (non-hydrogen) atoms. The first-order valence-corrected chi connectivity index (χ1v) is 4.95. The molecule has 1 amide bonds. The number of hydrogen-bond donors (Lipinski definition) is 2. The lowest BCUT2D eigenvalue weighted by atomic mass is 10.3. The van der Waals surface area contributed by atoms with Crippen molar-refractivity contribution in [2.24, 2.45) is 0 Å². The highest BCUT2D eigenvalue weighted by Crippen LogP contribution is 2.24. The number of hydrogen-bond acceptors (Lipinski definition) is 4. The van der Waals surface area contributed by atoms with E-state index in [-0.39, 0.29) is 18.1 Å². The fraction of sp³-hybridized carbons (Fsp3) is 0.556. The van der Waals surface area contributed by atoms with Gasteiger partial charge in [-0.3, -0.25) is 4.79 Å². The molecule has 0 radical (unpaired) electrons. The molecule has 0 aliphatic carbocycles. The minimum Gasteiger partial charge on any atom is -0.474 e. The van der Waals surface area contributed by atoms with E-state index in [2.05, 4.69) is 10.4 Å². The third-order valence-corrected chi connectivity index (χ3v) is 2.17. The van der Waals surface area contributed by atoms with Gasteiger partial charge in [-0.2, -0.15) is 9.49 Å². The van der Waals surface area contributed by atoms with Crippen LogP contribution in [-0.2, 0) is 6.54 Å². The third-order valence-electron chi connectivity index (χ3n) is 2.17. The Kier molecular flexibility index (Phi) is 2.78. The SMILES string of the molecule is CC(O)CNC(=O)c1nn2c(c1F)OCC2. The molecule has 1 atom stereocenters. The van der Waals surface area contributed by atoms with Gasteiger partial charge in [0, 0.05) is 6.54 Å². The van der Waals surface area contributed by atoms with Crippen LogP contribution in [0.2, 0.25) is 0 Å². The predicted molar refractivity (Wildman–Crippen MR) is 51.7 cm³/mol. The quantitative estimate of drug-likeness (QED) is 0.734. The van der Waals surface area contributed by atoms with Gasteiger partial charge in [-0.1, -0.05) is 0 Å². The number of ether oxygens (including phenoxy) is 1. The fourth-order valence-corrected chi connectivity index (χ4v) is 1.41. The maximum absolute atomic E-state index is 13.6. The molecule has 1 aromatic heterocycles. The molecule has 0 fully saturated rings. The number of amides is 1. The normalized spacial score (nSPS) is 15.4. The number of carbonyl (C=O) groups is 1. The summed E-state index contributed by atoms with van der Waals surface area (Å²) in [6, 6.07) is 0. The van der Waals surface area contributed by atoms with Crippen LogP contribution in [0.15, 0.2) is 0 Å². The number of carbonyl (C=O) groups excluding carboxylic acids is 1. The van der Waals surface area contributed by atoms with Gasteiger partial charge in [-0.25, -0.2) is 4.68 Å². The minimum atomic E-state index is -0.749. The van der Waals surface area contributed by atoms with Crippen LogP contribution in [0.4, 0.5) is 4.39 Å². The lowest BCUT2D eigenvalue weighted by Crippen LogP contribution is -2.31. The molecule has 6 nitrogen and oxygen atoms in total. The van der Waals surface area contributed by atoms with E-state index in [1.807, 2.05) is 0 Å². The van der Waals surface area contributed by atoms with Gasteiger partial charge in [-0.05, 0) is 6.92 Å². The molecule has 88 valence electrons. The molecule has 1 aromatic rings. The average molecular weight is 229 g/mol. The molecule has 0 saturated heterocycles. The summed E-state index contributed by atoms with van der Waals surface area (Å²) >= 11 is 0. The molecule has 1 aliphatic rings. The van der Waals surface area contributed by atoms with Crippen LogP contribution in [0.25, 0.3) is 0 Å². The molecule has 0 bridgehead atoms. The summed E-state index contributed by atoms with van der Waals surface area (Å²) in [5, 5.41) is 15.1. The predicted octanol–water partition coefficient (Wildman–Crippen LogP) is -0.475. The molecular formula is C9H12FN3O3. The van der Waals surface area contributed by atoms with Gasteiger partial charge in [0.25, 0.3) is 5.91 Å². The van der Waals surface area contributed by atoms with E-state index in [0.717, 1.165) is 0 Å². The Hall–Kier alpha value is -1.63. The highest BCUT2D eigenvalue weighted by molar-refractivity contribution is 5.92. The largest absolute Gasteiger partial charge is 0.474 e. The van der Waals surface area contributed by atoms with Crippen molar-refractivity contribution in [2.45, 2.75) is 19.6 Å². The fourth-order valence-electron chi connectivity index (χ4n) is 1.41. The molecule has 2 rings (SSSR count). The molecule has 0 spiro atoms. The molecular weight excluding hydrogens is 217 g/mol. The van der Waals surface area contributed by atoms with Crippen LogP contribution in [0, 0.1) is 5.82 Å². The molecule has 2 N–H and O–H groups in total. The first-order valence-electron chi connectivity index (χ1n) is 4.95. The number of aromatic nitrogens is 2. The van der Waals surface area contributed by atoms with Gasteiger partial charge < -0.3 is 15.2 Å². The van der Waals surface area contributed by atoms with E-state index in [1.54, 1.807) is 0 Å². The number of rotatable bonds is 3. The van der Waals surface area contributed by atoms with Gasteiger partial charge in [0.05, 0.1) is 12.6 Å². The maximum Gasteiger partial charge on any atom is 0.275 e. The summed E-state index contributed by atoms with van der Waals surface area (Å²) in [5.74, 6) is -1.40. The average Bonchev–Trinajstić information content (AvgIpc) is 2.78. The van der Waals surface area contributed by atoms with Crippen molar-refractivity contribution in [3.8, 4) is 5.88 Å². The number of fused-ring (bicyclic) bond motifs is 1. The Morgan fingerprint density at radius 1 is 1.81 bits per heavy atom. The highest BCUT2D eigenvalue weighted by atomic mass is 19.1. The van der Waals surface area contributed by atoms with Crippen molar-refractivity contribution in [1.29, 1.82) is 0 Å². The first-order chi connectivity index (χ1) is 7.59. The topological polar surface area (TPSA) is 76.4 Å². The van der Waals surface area contributed by atoms with Crippen LogP contribution in [0.3, 0.4) is 0 Å². The van der Waals surface area contributed by atoms with Crippen molar-refractivity contribution in [2.75, 3.05) is 13.2 Å².